The summed E-state index contributed by atoms with van der Waals surface area (Å²) in [5.41, 5.74) is 7.87. The number of carbonyl (C=O) groups is 2. The second-order valence-corrected chi connectivity index (χ2v) is 4.38. The summed E-state index contributed by atoms with van der Waals surface area (Å²) in [6, 6.07) is 13.5. The molecule has 0 aliphatic carbocycles. The van der Waals surface area contributed by atoms with Crippen LogP contribution in [-0.4, -0.2) is 17.0 Å². The van der Waals surface area contributed by atoms with E-state index >= 15 is 0 Å². The van der Waals surface area contributed by atoms with Crippen LogP contribution in [-0.2, 0) is 4.79 Å². The van der Waals surface area contributed by atoms with E-state index in [9.17, 15) is 9.59 Å². The zero-order valence-electron chi connectivity index (χ0n) is 11.1. The summed E-state index contributed by atoms with van der Waals surface area (Å²) >= 11 is 0. The highest BCUT2D eigenvalue weighted by molar-refractivity contribution is 6.04. The Morgan fingerprint density at radius 2 is 1.86 bits per heavy atom. The number of benzene rings is 2. The van der Waals surface area contributed by atoms with Crippen LogP contribution in [0, 0.1) is 0 Å². The molecule has 0 atom stereocenters. The lowest BCUT2D eigenvalue weighted by Crippen LogP contribution is -2.12. The predicted octanol–water partition coefficient (Wildman–Crippen LogP) is 2.62. The molecular weight excluding hydrogens is 268 g/mol. The summed E-state index contributed by atoms with van der Waals surface area (Å²) in [6.07, 6.45) is 2.50. The number of amides is 1. The van der Waals surface area contributed by atoms with E-state index in [0.717, 1.165) is 6.08 Å². The second-order valence-electron chi connectivity index (χ2n) is 4.38. The summed E-state index contributed by atoms with van der Waals surface area (Å²) in [6.45, 7) is 0. The van der Waals surface area contributed by atoms with Crippen molar-refractivity contribution in [1.82, 2.24) is 0 Å². The lowest BCUT2D eigenvalue weighted by Gasteiger charge is -2.06. The van der Waals surface area contributed by atoms with Crippen molar-refractivity contribution in [2.45, 2.75) is 0 Å². The van der Waals surface area contributed by atoms with Gasteiger partial charge in [0.25, 0.3) is 5.91 Å². The van der Waals surface area contributed by atoms with Crippen molar-refractivity contribution in [3.63, 3.8) is 0 Å². The third-order valence-electron chi connectivity index (χ3n) is 2.71. The number of carboxylic acid groups (broad SMARTS) is 1. The van der Waals surface area contributed by atoms with Gasteiger partial charge in [-0.1, -0.05) is 18.2 Å². The van der Waals surface area contributed by atoms with Gasteiger partial charge in [-0.2, -0.15) is 0 Å². The zero-order valence-corrected chi connectivity index (χ0v) is 11.1. The molecule has 4 N–H and O–H groups in total. The van der Waals surface area contributed by atoms with Crippen molar-refractivity contribution < 1.29 is 14.7 Å². The number of nitrogens with one attached hydrogen (secondary N) is 1. The van der Waals surface area contributed by atoms with Crippen LogP contribution in [0.3, 0.4) is 0 Å². The first kappa shape index (κ1) is 14.3. The van der Waals surface area contributed by atoms with Crippen LogP contribution in [0.1, 0.15) is 15.9 Å². The maximum atomic E-state index is 12.1. The van der Waals surface area contributed by atoms with Crippen LogP contribution in [0.25, 0.3) is 6.08 Å². The van der Waals surface area contributed by atoms with E-state index in [-0.39, 0.29) is 5.91 Å². The van der Waals surface area contributed by atoms with Gasteiger partial charge in [-0.05, 0) is 42.0 Å². The van der Waals surface area contributed by atoms with Crippen LogP contribution in [0.4, 0.5) is 11.4 Å². The molecule has 0 saturated heterocycles. The molecule has 0 saturated carbocycles. The average Bonchev–Trinajstić information content (AvgIpc) is 2.45. The Morgan fingerprint density at radius 1 is 1.10 bits per heavy atom. The molecule has 2 aromatic carbocycles. The van der Waals surface area contributed by atoms with Gasteiger partial charge in [0.1, 0.15) is 0 Å². The first-order valence-corrected chi connectivity index (χ1v) is 6.22. The predicted molar refractivity (Wildman–Crippen MR) is 81.9 cm³/mol. The fourth-order valence-electron chi connectivity index (χ4n) is 1.77. The Bertz CT molecular complexity index is 708. The highest BCUT2D eigenvalue weighted by Gasteiger charge is 2.06. The fraction of sp³-hybridized carbons (Fsp3) is 0. The number of anilines is 2. The Labute approximate surface area is 121 Å². The zero-order chi connectivity index (χ0) is 15.2. The lowest BCUT2D eigenvalue weighted by molar-refractivity contribution is -0.131. The Morgan fingerprint density at radius 3 is 2.57 bits per heavy atom. The molecular formula is C16H14N2O3. The largest absolute Gasteiger partial charge is 0.478 e. The van der Waals surface area contributed by atoms with Gasteiger partial charge in [0.2, 0.25) is 0 Å². The van der Waals surface area contributed by atoms with E-state index in [1.165, 1.54) is 6.08 Å². The Hall–Kier alpha value is -3.08. The molecule has 106 valence electrons. The number of carbonyl (C=O) groups excluding carboxylic acids is 1. The van der Waals surface area contributed by atoms with Crippen LogP contribution >= 0.6 is 0 Å². The molecule has 0 heterocycles. The van der Waals surface area contributed by atoms with Crippen molar-refractivity contribution >= 4 is 29.3 Å². The fourth-order valence-corrected chi connectivity index (χ4v) is 1.77. The molecule has 1 amide bonds. The molecule has 2 rings (SSSR count). The highest BCUT2D eigenvalue weighted by atomic mass is 16.4. The summed E-state index contributed by atoms with van der Waals surface area (Å²) in [5, 5.41) is 11.3. The van der Waals surface area contributed by atoms with Gasteiger partial charge >= 0.3 is 5.97 Å². The van der Waals surface area contributed by atoms with Crippen molar-refractivity contribution in [3.8, 4) is 0 Å². The second kappa shape index (κ2) is 6.38. The molecule has 0 bridgehead atoms. The monoisotopic (exact) mass is 282 g/mol. The van der Waals surface area contributed by atoms with E-state index in [2.05, 4.69) is 5.32 Å². The van der Waals surface area contributed by atoms with Gasteiger partial charge in [-0.25, -0.2) is 4.79 Å². The van der Waals surface area contributed by atoms with Gasteiger partial charge in [0, 0.05) is 23.0 Å². The topological polar surface area (TPSA) is 92.4 Å². The maximum absolute atomic E-state index is 12.1. The standard InChI is InChI=1S/C16H14N2O3/c17-13-5-2-4-12(10-13)16(21)18-14-6-1-3-11(9-14)7-8-15(19)20/h1-10H,17H2,(H,18,21)(H,19,20)/b8-7+. The molecule has 0 aliphatic rings. The van der Waals surface area contributed by atoms with Crippen molar-refractivity contribution in [2.75, 3.05) is 11.1 Å². The van der Waals surface area contributed by atoms with Gasteiger partial charge in [0.15, 0.2) is 0 Å². The third kappa shape index (κ3) is 4.21. The van der Waals surface area contributed by atoms with Crippen LogP contribution in [0.15, 0.2) is 54.6 Å². The summed E-state index contributed by atoms with van der Waals surface area (Å²) < 4.78 is 0. The number of nitrogens with two attached hydrogens (primary N) is 1. The van der Waals surface area contributed by atoms with E-state index in [1.807, 2.05) is 0 Å². The molecule has 0 unspecified atom stereocenters. The van der Waals surface area contributed by atoms with E-state index in [4.69, 9.17) is 10.8 Å². The summed E-state index contributed by atoms with van der Waals surface area (Å²) in [7, 11) is 0. The smallest absolute Gasteiger partial charge is 0.328 e. The molecule has 0 aliphatic heterocycles. The third-order valence-corrected chi connectivity index (χ3v) is 2.71. The van der Waals surface area contributed by atoms with Gasteiger partial charge in [0.05, 0.1) is 0 Å². The number of carboxylic acids is 1. The van der Waals surface area contributed by atoms with Crippen molar-refractivity contribution in [2.24, 2.45) is 0 Å². The molecule has 5 nitrogen and oxygen atoms in total. The summed E-state index contributed by atoms with van der Waals surface area (Å²) in [5.74, 6) is -1.30. The molecule has 21 heavy (non-hydrogen) atoms. The number of hydrogen-bond donors (Lipinski definition) is 3. The quantitative estimate of drug-likeness (QED) is 0.593. The molecule has 0 spiro atoms. The minimum Gasteiger partial charge on any atom is -0.478 e. The Kier molecular flexibility index (Phi) is 4.36. The number of hydrogen-bond acceptors (Lipinski definition) is 3. The number of aliphatic carboxylic acids is 1. The van der Waals surface area contributed by atoms with E-state index in [0.29, 0.717) is 22.5 Å². The van der Waals surface area contributed by atoms with Crippen LogP contribution < -0.4 is 11.1 Å². The van der Waals surface area contributed by atoms with E-state index in [1.54, 1.807) is 48.5 Å². The van der Waals surface area contributed by atoms with Crippen molar-refractivity contribution in [3.05, 3.63) is 65.7 Å². The number of rotatable bonds is 4. The first-order valence-electron chi connectivity index (χ1n) is 6.22. The van der Waals surface area contributed by atoms with Gasteiger partial charge < -0.3 is 16.2 Å². The van der Waals surface area contributed by atoms with Crippen molar-refractivity contribution in [1.29, 1.82) is 0 Å². The molecule has 0 fully saturated rings. The highest BCUT2D eigenvalue weighted by Crippen LogP contribution is 2.14. The normalized spacial score (nSPS) is 10.5. The minimum absolute atomic E-state index is 0.276. The molecule has 5 heteroatoms. The first-order chi connectivity index (χ1) is 10.0. The van der Waals surface area contributed by atoms with Gasteiger partial charge in [-0.3, -0.25) is 4.79 Å². The van der Waals surface area contributed by atoms with E-state index < -0.39 is 5.97 Å². The SMILES string of the molecule is Nc1cccc(C(=O)Nc2cccc(/C=C/C(=O)O)c2)c1. The molecule has 2 aromatic rings. The van der Waals surface area contributed by atoms with Crippen LogP contribution in [0.2, 0.25) is 0 Å². The van der Waals surface area contributed by atoms with Crippen LogP contribution in [0.5, 0.6) is 0 Å². The Balaban J connectivity index is 2.14. The maximum Gasteiger partial charge on any atom is 0.328 e. The summed E-state index contributed by atoms with van der Waals surface area (Å²) in [4.78, 5) is 22.5. The van der Waals surface area contributed by atoms with Gasteiger partial charge in [-0.15, -0.1) is 0 Å². The average molecular weight is 282 g/mol. The lowest BCUT2D eigenvalue weighted by atomic mass is 10.1. The molecule has 0 radical (unpaired) electrons. The number of nitrogen functional groups attached to an aromatic ring is 1. The minimum atomic E-state index is -1.02. The molecule has 0 aromatic heterocycles.